The normalized spacial score (nSPS) is 16.1. The Bertz CT molecular complexity index is 631. The summed E-state index contributed by atoms with van der Waals surface area (Å²) in [4.78, 5) is 18.4. The molecule has 1 aliphatic rings. The van der Waals surface area contributed by atoms with E-state index in [1.165, 1.54) is 0 Å². The topological polar surface area (TPSA) is 77.0 Å². The number of anilines is 1. The van der Waals surface area contributed by atoms with Crippen molar-refractivity contribution in [1.82, 2.24) is 19.7 Å². The van der Waals surface area contributed by atoms with Gasteiger partial charge < -0.3 is 10.6 Å². The third-order valence-electron chi connectivity index (χ3n) is 3.70. The Morgan fingerprint density at radius 1 is 1.29 bits per heavy atom. The fourth-order valence-electron chi connectivity index (χ4n) is 2.55. The molecule has 21 heavy (non-hydrogen) atoms. The van der Waals surface area contributed by atoms with Crippen LogP contribution in [0.5, 0.6) is 0 Å². The van der Waals surface area contributed by atoms with Gasteiger partial charge in [-0.2, -0.15) is 5.10 Å². The predicted octanol–water partition coefficient (Wildman–Crippen LogP) is 2.10. The van der Waals surface area contributed by atoms with Crippen molar-refractivity contribution in [2.75, 3.05) is 18.8 Å². The molecule has 3 rings (SSSR count). The SMILES string of the molecule is Nc1ccn(C2CCN(C(=O)c3ccc(Br)cn3)CC2)n1. The summed E-state index contributed by atoms with van der Waals surface area (Å²) in [7, 11) is 0. The Hall–Kier alpha value is -1.89. The summed E-state index contributed by atoms with van der Waals surface area (Å²) in [5.74, 6) is 0.522. The van der Waals surface area contributed by atoms with Gasteiger partial charge in [0, 0.05) is 30.0 Å². The molecule has 0 spiro atoms. The monoisotopic (exact) mass is 349 g/mol. The molecule has 0 bridgehead atoms. The third-order valence-corrected chi connectivity index (χ3v) is 4.17. The summed E-state index contributed by atoms with van der Waals surface area (Å²) in [5, 5.41) is 4.25. The number of nitrogens with two attached hydrogens (primary N) is 1. The van der Waals surface area contributed by atoms with Crippen LogP contribution in [0.4, 0.5) is 5.82 Å². The van der Waals surface area contributed by atoms with E-state index in [9.17, 15) is 4.79 Å². The molecule has 1 aliphatic heterocycles. The Morgan fingerprint density at radius 3 is 2.62 bits per heavy atom. The van der Waals surface area contributed by atoms with Crippen molar-refractivity contribution in [2.24, 2.45) is 0 Å². The number of carbonyl (C=O) groups is 1. The molecule has 0 unspecified atom stereocenters. The maximum absolute atomic E-state index is 12.4. The minimum atomic E-state index is -0.0130. The molecule has 0 aliphatic carbocycles. The number of hydrogen-bond donors (Lipinski definition) is 1. The highest BCUT2D eigenvalue weighted by Gasteiger charge is 2.25. The lowest BCUT2D eigenvalue weighted by Crippen LogP contribution is -2.39. The molecule has 1 saturated heterocycles. The van der Waals surface area contributed by atoms with E-state index in [-0.39, 0.29) is 5.91 Å². The van der Waals surface area contributed by atoms with Gasteiger partial charge in [0.15, 0.2) is 0 Å². The second-order valence-corrected chi connectivity index (χ2v) is 6.02. The van der Waals surface area contributed by atoms with E-state index in [1.54, 1.807) is 18.3 Å². The van der Waals surface area contributed by atoms with Gasteiger partial charge >= 0.3 is 0 Å². The Morgan fingerprint density at radius 2 is 2.05 bits per heavy atom. The number of likely N-dealkylation sites (tertiary alicyclic amines) is 1. The van der Waals surface area contributed by atoms with Crippen molar-refractivity contribution < 1.29 is 4.79 Å². The minimum absolute atomic E-state index is 0.0130. The first-order chi connectivity index (χ1) is 10.1. The minimum Gasteiger partial charge on any atom is -0.382 e. The highest BCUT2D eigenvalue weighted by molar-refractivity contribution is 9.10. The highest BCUT2D eigenvalue weighted by atomic mass is 79.9. The molecule has 3 heterocycles. The van der Waals surface area contributed by atoms with Gasteiger partial charge in [0.1, 0.15) is 11.5 Å². The number of carbonyl (C=O) groups excluding carboxylic acids is 1. The first-order valence-corrected chi connectivity index (χ1v) is 7.64. The molecule has 110 valence electrons. The smallest absolute Gasteiger partial charge is 0.272 e. The molecule has 2 aromatic heterocycles. The van der Waals surface area contributed by atoms with Gasteiger partial charge in [-0.25, -0.2) is 4.98 Å². The van der Waals surface area contributed by atoms with Crippen LogP contribution in [0.1, 0.15) is 29.4 Å². The van der Waals surface area contributed by atoms with Crippen molar-refractivity contribution in [3.63, 3.8) is 0 Å². The van der Waals surface area contributed by atoms with Gasteiger partial charge in [-0.1, -0.05) is 0 Å². The maximum Gasteiger partial charge on any atom is 0.272 e. The average molecular weight is 350 g/mol. The molecule has 0 saturated carbocycles. The molecule has 1 fully saturated rings. The fourth-order valence-corrected chi connectivity index (χ4v) is 2.79. The number of nitrogens with zero attached hydrogens (tertiary/aromatic N) is 4. The molecule has 7 heteroatoms. The summed E-state index contributed by atoms with van der Waals surface area (Å²) in [6.07, 6.45) is 5.30. The van der Waals surface area contributed by atoms with Crippen LogP contribution in [0.2, 0.25) is 0 Å². The average Bonchev–Trinajstić information content (AvgIpc) is 2.94. The van der Waals surface area contributed by atoms with E-state index in [0.717, 1.165) is 17.3 Å². The number of hydrogen-bond acceptors (Lipinski definition) is 4. The van der Waals surface area contributed by atoms with Crippen LogP contribution < -0.4 is 5.73 Å². The lowest BCUT2D eigenvalue weighted by atomic mass is 10.0. The quantitative estimate of drug-likeness (QED) is 0.900. The standard InChI is InChI=1S/C14H16BrN5O/c15-10-1-2-12(17-9-10)14(21)19-6-3-11(4-7-19)20-8-5-13(16)18-20/h1-2,5,8-9,11H,3-4,6-7H2,(H2,16,18). The Balaban J connectivity index is 1.63. The zero-order valence-electron chi connectivity index (χ0n) is 11.4. The van der Waals surface area contributed by atoms with Crippen molar-refractivity contribution in [3.8, 4) is 0 Å². The van der Waals surface area contributed by atoms with Crippen LogP contribution in [0, 0.1) is 0 Å². The number of pyridine rings is 1. The van der Waals surface area contributed by atoms with Crippen molar-refractivity contribution >= 4 is 27.7 Å². The first kappa shape index (κ1) is 14.1. The molecule has 0 aromatic carbocycles. The molecule has 1 amide bonds. The first-order valence-electron chi connectivity index (χ1n) is 6.85. The molecule has 2 aromatic rings. The summed E-state index contributed by atoms with van der Waals surface area (Å²) in [6, 6.07) is 5.68. The summed E-state index contributed by atoms with van der Waals surface area (Å²) in [5.41, 5.74) is 6.13. The zero-order valence-corrected chi connectivity index (χ0v) is 13.0. The van der Waals surface area contributed by atoms with Crippen LogP contribution in [-0.2, 0) is 0 Å². The van der Waals surface area contributed by atoms with Gasteiger partial charge in [-0.05, 0) is 47.0 Å². The fraction of sp³-hybridized carbons (Fsp3) is 0.357. The van der Waals surface area contributed by atoms with Gasteiger partial charge in [0.25, 0.3) is 5.91 Å². The van der Waals surface area contributed by atoms with Crippen LogP contribution in [-0.4, -0.2) is 38.7 Å². The van der Waals surface area contributed by atoms with E-state index in [1.807, 2.05) is 21.8 Å². The van der Waals surface area contributed by atoms with Crippen LogP contribution in [0.25, 0.3) is 0 Å². The molecular formula is C14H16BrN5O. The molecule has 0 radical (unpaired) electrons. The third kappa shape index (κ3) is 3.07. The number of nitrogen functional groups attached to an aromatic ring is 1. The van der Waals surface area contributed by atoms with Crippen molar-refractivity contribution in [3.05, 3.63) is 40.8 Å². The number of rotatable bonds is 2. The molecule has 2 N–H and O–H groups in total. The Labute approximate surface area is 131 Å². The van der Waals surface area contributed by atoms with E-state index >= 15 is 0 Å². The number of piperidine rings is 1. The number of halogens is 1. The van der Waals surface area contributed by atoms with Crippen LogP contribution in [0.15, 0.2) is 35.1 Å². The second kappa shape index (κ2) is 5.85. The van der Waals surface area contributed by atoms with Crippen molar-refractivity contribution in [2.45, 2.75) is 18.9 Å². The molecule has 6 nitrogen and oxygen atoms in total. The van der Waals surface area contributed by atoms with Crippen LogP contribution in [0.3, 0.4) is 0 Å². The lowest BCUT2D eigenvalue weighted by molar-refractivity contribution is 0.0684. The number of amides is 1. The van der Waals surface area contributed by atoms with Gasteiger partial charge in [-0.15, -0.1) is 0 Å². The summed E-state index contributed by atoms with van der Waals surface area (Å²) >= 11 is 3.32. The largest absolute Gasteiger partial charge is 0.382 e. The van der Waals surface area contributed by atoms with E-state index < -0.39 is 0 Å². The van der Waals surface area contributed by atoms with Gasteiger partial charge in [0.2, 0.25) is 0 Å². The lowest BCUT2D eigenvalue weighted by Gasteiger charge is -2.31. The predicted molar refractivity (Wildman–Crippen MR) is 82.8 cm³/mol. The van der Waals surface area contributed by atoms with E-state index in [0.29, 0.717) is 30.6 Å². The van der Waals surface area contributed by atoms with Crippen LogP contribution >= 0.6 is 15.9 Å². The summed E-state index contributed by atoms with van der Waals surface area (Å²) < 4.78 is 2.77. The highest BCUT2D eigenvalue weighted by Crippen LogP contribution is 2.23. The van der Waals surface area contributed by atoms with Crippen molar-refractivity contribution in [1.29, 1.82) is 0 Å². The number of aromatic nitrogens is 3. The second-order valence-electron chi connectivity index (χ2n) is 5.11. The molecular weight excluding hydrogens is 334 g/mol. The Kier molecular flexibility index (Phi) is 3.92. The van der Waals surface area contributed by atoms with Gasteiger partial charge in [0.05, 0.1) is 6.04 Å². The summed E-state index contributed by atoms with van der Waals surface area (Å²) in [6.45, 7) is 1.42. The molecule has 0 atom stereocenters. The van der Waals surface area contributed by atoms with E-state index in [4.69, 9.17) is 5.73 Å². The zero-order chi connectivity index (χ0) is 14.8. The van der Waals surface area contributed by atoms with Gasteiger partial charge in [-0.3, -0.25) is 9.48 Å². The van der Waals surface area contributed by atoms with E-state index in [2.05, 4.69) is 26.0 Å². The maximum atomic E-state index is 12.4.